The predicted octanol–water partition coefficient (Wildman–Crippen LogP) is 2.23. The molecule has 1 fully saturated rings. The number of rotatable bonds is 7. The smallest absolute Gasteiger partial charge is 0.252 e. The molecule has 9 nitrogen and oxygen atoms in total. The molecule has 0 spiro atoms. The highest BCUT2D eigenvalue weighted by Gasteiger charge is 2.47. The van der Waals surface area contributed by atoms with Gasteiger partial charge in [0, 0.05) is 11.4 Å². The fraction of sp³-hybridized carbons (Fsp3) is 0.182. The number of imide groups is 1. The minimum atomic E-state index is -4.12. The van der Waals surface area contributed by atoms with E-state index in [9.17, 15) is 26.4 Å². The van der Waals surface area contributed by atoms with Crippen molar-refractivity contribution in [2.75, 3.05) is 4.90 Å². The number of sulfonamides is 2. The van der Waals surface area contributed by atoms with Gasteiger partial charge in [-0.15, -0.1) is 11.3 Å². The molecule has 178 valence electrons. The summed E-state index contributed by atoms with van der Waals surface area (Å²) in [6.07, 6.45) is -0.341. The Balaban J connectivity index is 1.71. The van der Waals surface area contributed by atoms with Gasteiger partial charge in [0.15, 0.2) is 0 Å². The van der Waals surface area contributed by atoms with Crippen LogP contribution in [0.3, 0.4) is 0 Å². The van der Waals surface area contributed by atoms with E-state index < -0.39 is 37.9 Å². The van der Waals surface area contributed by atoms with Gasteiger partial charge in [0.2, 0.25) is 26.0 Å². The molecular weight excluding hydrogens is 498 g/mol. The Morgan fingerprint density at radius 1 is 0.971 bits per heavy atom. The Morgan fingerprint density at radius 3 is 2.15 bits per heavy atom. The summed E-state index contributed by atoms with van der Waals surface area (Å²) in [5.74, 6) is -1.30. The van der Waals surface area contributed by atoms with Crippen molar-refractivity contribution in [1.82, 2.24) is 4.31 Å². The van der Waals surface area contributed by atoms with Crippen molar-refractivity contribution < 1.29 is 26.4 Å². The number of aryl methyl sites for hydroxylation is 1. The molecular formula is C22H21N3O6S3. The van der Waals surface area contributed by atoms with Crippen LogP contribution in [0.15, 0.2) is 75.8 Å². The van der Waals surface area contributed by atoms with Crippen molar-refractivity contribution in [3.05, 3.63) is 76.5 Å². The molecule has 3 aromatic rings. The van der Waals surface area contributed by atoms with Crippen LogP contribution in [0, 0.1) is 6.92 Å². The summed E-state index contributed by atoms with van der Waals surface area (Å²) in [6.45, 7) is 1.76. The number of nitrogens with two attached hydrogens (primary N) is 1. The zero-order valence-electron chi connectivity index (χ0n) is 18.0. The first-order valence-electron chi connectivity index (χ1n) is 10.1. The molecule has 1 aliphatic heterocycles. The van der Waals surface area contributed by atoms with Crippen LogP contribution in [0.5, 0.6) is 0 Å². The summed E-state index contributed by atoms with van der Waals surface area (Å²) in [7, 11) is -8.07. The molecule has 0 bridgehead atoms. The average Bonchev–Trinajstić information content (AvgIpc) is 3.39. The quantitative estimate of drug-likeness (QED) is 0.476. The minimum Gasteiger partial charge on any atom is -0.274 e. The number of benzene rings is 2. The monoisotopic (exact) mass is 519 g/mol. The Kier molecular flexibility index (Phi) is 6.44. The van der Waals surface area contributed by atoms with E-state index in [0.29, 0.717) is 4.88 Å². The van der Waals surface area contributed by atoms with Crippen LogP contribution in [0.2, 0.25) is 0 Å². The second-order valence-electron chi connectivity index (χ2n) is 7.77. The minimum absolute atomic E-state index is 0.0193. The third-order valence-electron chi connectivity index (χ3n) is 5.41. The molecule has 2 heterocycles. The normalized spacial score (nSPS) is 17.0. The molecule has 1 saturated heterocycles. The maximum absolute atomic E-state index is 13.6. The summed E-state index contributed by atoms with van der Waals surface area (Å²) in [6, 6.07) is 13.5. The van der Waals surface area contributed by atoms with Crippen molar-refractivity contribution in [1.29, 1.82) is 0 Å². The molecule has 0 saturated carbocycles. The van der Waals surface area contributed by atoms with Gasteiger partial charge < -0.3 is 0 Å². The van der Waals surface area contributed by atoms with E-state index >= 15 is 0 Å². The van der Waals surface area contributed by atoms with Crippen LogP contribution in [0.4, 0.5) is 5.69 Å². The second-order valence-corrected chi connectivity index (χ2v) is 12.3. The molecule has 1 aromatic heterocycles. The Bertz CT molecular complexity index is 1430. The lowest BCUT2D eigenvalue weighted by molar-refractivity contribution is -0.122. The van der Waals surface area contributed by atoms with Gasteiger partial charge in [-0.1, -0.05) is 23.8 Å². The highest BCUT2D eigenvalue weighted by atomic mass is 32.2. The summed E-state index contributed by atoms with van der Waals surface area (Å²) < 4.78 is 51.2. The fourth-order valence-corrected chi connectivity index (χ4v) is 6.52. The van der Waals surface area contributed by atoms with Gasteiger partial charge >= 0.3 is 0 Å². The third-order valence-corrected chi connectivity index (χ3v) is 9.07. The molecule has 12 heteroatoms. The zero-order chi connectivity index (χ0) is 24.7. The number of amides is 2. The fourth-order valence-electron chi connectivity index (χ4n) is 3.66. The maximum atomic E-state index is 13.6. The molecule has 2 amide bonds. The molecule has 34 heavy (non-hydrogen) atoms. The number of thiophene rings is 1. The average molecular weight is 520 g/mol. The van der Waals surface area contributed by atoms with Gasteiger partial charge in [-0.2, -0.15) is 4.31 Å². The highest BCUT2D eigenvalue weighted by molar-refractivity contribution is 7.89. The molecule has 2 N–H and O–H groups in total. The van der Waals surface area contributed by atoms with Gasteiger partial charge in [0.1, 0.15) is 6.04 Å². The van der Waals surface area contributed by atoms with Crippen molar-refractivity contribution in [3.8, 4) is 0 Å². The highest BCUT2D eigenvalue weighted by Crippen LogP contribution is 2.31. The lowest BCUT2D eigenvalue weighted by Gasteiger charge is -2.26. The van der Waals surface area contributed by atoms with E-state index in [4.69, 9.17) is 5.14 Å². The van der Waals surface area contributed by atoms with Crippen molar-refractivity contribution in [2.24, 2.45) is 5.14 Å². The predicted molar refractivity (Wildman–Crippen MR) is 127 cm³/mol. The number of carbonyl (C=O) groups excluding carboxylic acids is 2. The van der Waals surface area contributed by atoms with Crippen LogP contribution < -0.4 is 10.0 Å². The first-order chi connectivity index (χ1) is 16.0. The largest absolute Gasteiger partial charge is 0.274 e. The van der Waals surface area contributed by atoms with Gasteiger partial charge in [-0.25, -0.2) is 26.9 Å². The summed E-state index contributed by atoms with van der Waals surface area (Å²) in [5, 5.41) is 6.90. The van der Waals surface area contributed by atoms with Gasteiger partial charge in [-0.3, -0.25) is 9.59 Å². The Labute approximate surface area is 201 Å². The van der Waals surface area contributed by atoms with E-state index in [1.165, 1.54) is 47.7 Å². The van der Waals surface area contributed by atoms with Gasteiger partial charge in [0.05, 0.1) is 21.9 Å². The molecule has 4 rings (SSSR count). The van der Waals surface area contributed by atoms with E-state index in [0.717, 1.165) is 14.8 Å². The number of anilines is 1. The first-order valence-corrected chi connectivity index (χ1v) is 14.0. The van der Waals surface area contributed by atoms with Crippen molar-refractivity contribution in [2.45, 2.75) is 35.7 Å². The molecule has 0 aliphatic carbocycles. The van der Waals surface area contributed by atoms with Gasteiger partial charge in [-0.05, 0) is 54.8 Å². The van der Waals surface area contributed by atoms with Crippen molar-refractivity contribution in [3.63, 3.8) is 0 Å². The lowest BCUT2D eigenvalue weighted by Crippen LogP contribution is -2.44. The zero-order valence-corrected chi connectivity index (χ0v) is 20.4. The number of nitrogens with zero attached hydrogens (tertiary/aromatic N) is 2. The van der Waals surface area contributed by atoms with E-state index in [2.05, 4.69) is 0 Å². The molecule has 2 aromatic carbocycles. The molecule has 1 atom stereocenters. The van der Waals surface area contributed by atoms with Crippen LogP contribution in [-0.4, -0.2) is 39.0 Å². The van der Waals surface area contributed by atoms with E-state index in [1.54, 1.807) is 29.6 Å². The Hall–Kier alpha value is -2.90. The summed E-state index contributed by atoms with van der Waals surface area (Å²) in [5.41, 5.74) is 1.01. The first kappa shape index (κ1) is 24.2. The van der Waals surface area contributed by atoms with Crippen LogP contribution in [0.25, 0.3) is 0 Å². The van der Waals surface area contributed by atoms with E-state index in [1.807, 2.05) is 6.92 Å². The SMILES string of the molecule is Cc1ccc(S(=O)(=O)N(Cc2cccs2)C2CC(=O)N(c3ccc(S(N)(=O)=O)cc3)C2=O)cc1. The van der Waals surface area contributed by atoms with E-state index in [-0.39, 0.29) is 28.4 Å². The number of hydrogen-bond acceptors (Lipinski definition) is 7. The number of carbonyl (C=O) groups is 2. The second kappa shape index (κ2) is 9.04. The lowest BCUT2D eigenvalue weighted by atomic mass is 10.2. The van der Waals surface area contributed by atoms with Gasteiger partial charge in [0.25, 0.3) is 5.91 Å². The summed E-state index contributed by atoms with van der Waals surface area (Å²) >= 11 is 1.34. The van der Waals surface area contributed by atoms with Crippen LogP contribution in [0.1, 0.15) is 16.9 Å². The van der Waals surface area contributed by atoms with Crippen molar-refractivity contribution >= 4 is 48.9 Å². The summed E-state index contributed by atoms with van der Waals surface area (Å²) in [4.78, 5) is 27.6. The molecule has 0 radical (unpaired) electrons. The number of primary sulfonamides is 1. The standard InChI is InChI=1S/C22H21N3O6S3/c1-15-4-8-19(9-5-15)34(30,31)24(14-17-3-2-12-32-17)20-13-21(26)25(22(20)27)16-6-10-18(11-7-16)33(23,28)29/h2-12,20H,13-14H2,1H3,(H2,23,28,29). The topological polar surface area (TPSA) is 135 Å². The maximum Gasteiger partial charge on any atom is 0.252 e. The Morgan fingerprint density at radius 2 is 1.59 bits per heavy atom. The molecule has 1 aliphatic rings. The van der Waals surface area contributed by atoms with Crippen LogP contribution in [-0.2, 0) is 36.2 Å². The van der Waals surface area contributed by atoms with Crippen LogP contribution >= 0.6 is 11.3 Å². The third kappa shape index (κ3) is 4.68. The number of hydrogen-bond donors (Lipinski definition) is 1. The molecule has 1 unspecified atom stereocenters.